The zero-order valence-corrected chi connectivity index (χ0v) is 11.0. The molecule has 1 saturated carbocycles. The number of nitrogens with one attached hydrogen (secondary N) is 1. The van der Waals surface area contributed by atoms with Crippen molar-refractivity contribution in [2.24, 2.45) is 5.41 Å². The van der Waals surface area contributed by atoms with Crippen LogP contribution in [0.5, 0.6) is 0 Å². The topological polar surface area (TPSA) is 12.0 Å². The summed E-state index contributed by atoms with van der Waals surface area (Å²) in [4.78, 5) is 0. The highest BCUT2D eigenvalue weighted by Gasteiger charge is 2.41. The normalized spacial score (nSPS) is 19.7. The Morgan fingerprint density at radius 3 is 2.36 bits per heavy atom. The lowest BCUT2D eigenvalue weighted by molar-refractivity contribution is 0.353. The van der Waals surface area contributed by atoms with Crippen LogP contribution in [0.4, 0.5) is 0 Å². The summed E-state index contributed by atoms with van der Waals surface area (Å²) in [6.07, 6.45) is 4.30. The largest absolute Gasteiger partial charge is 0.312 e. The van der Waals surface area contributed by atoms with E-state index in [4.69, 9.17) is 0 Å². The zero-order valence-electron chi connectivity index (χ0n) is 10.2. The lowest BCUT2D eigenvalue weighted by Crippen LogP contribution is -2.39. The molecule has 0 saturated heterocycles. The summed E-state index contributed by atoms with van der Waals surface area (Å²) in [6, 6.07) is 0. The van der Waals surface area contributed by atoms with Crippen LogP contribution in [0, 0.1) is 5.41 Å². The van der Waals surface area contributed by atoms with Gasteiger partial charge in [0.1, 0.15) is 0 Å². The Balaban J connectivity index is 2.16. The van der Waals surface area contributed by atoms with Gasteiger partial charge in [-0.05, 0) is 57.0 Å². The quantitative estimate of drug-likeness (QED) is 0.682. The molecule has 0 unspecified atom stereocenters. The van der Waals surface area contributed by atoms with Crippen LogP contribution < -0.4 is 5.32 Å². The molecule has 14 heavy (non-hydrogen) atoms. The third-order valence-corrected chi connectivity index (χ3v) is 3.83. The van der Waals surface area contributed by atoms with Crippen molar-refractivity contribution in [1.82, 2.24) is 5.32 Å². The minimum atomic E-state index is 0.285. The van der Waals surface area contributed by atoms with Gasteiger partial charge in [0.2, 0.25) is 0 Å². The van der Waals surface area contributed by atoms with Crippen LogP contribution in [0.2, 0.25) is 0 Å². The number of hydrogen-bond acceptors (Lipinski definition) is 2. The molecule has 0 aromatic rings. The van der Waals surface area contributed by atoms with E-state index in [0.29, 0.717) is 5.41 Å². The summed E-state index contributed by atoms with van der Waals surface area (Å²) in [5.74, 6) is 2.62. The second-order valence-corrected chi connectivity index (χ2v) is 6.94. The van der Waals surface area contributed by atoms with E-state index in [9.17, 15) is 0 Å². The van der Waals surface area contributed by atoms with E-state index in [1.165, 1.54) is 37.3 Å². The van der Waals surface area contributed by atoms with Gasteiger partial charge in [0.25, 0.3) is 0 Å². The van der Waals surface area contributed by atoms with Crippen molar-refractivity contribution < 1.29 is 0 Å². The predicted octanol–water partition coefficient (Wildman–Crippen LogP) is 3.30. The first-order chi connectivity index (χ1) is 6.47. The second kappa shape index (κ2) is 4.89. The fourth-order valence-corrected chi connectivity index (χ4v) is 2.44. The van der Waals surface area contributed by atoms with Gasteiger partial charge in [0.05, 0.1) is 0 Å². The van der Waals surface area contributed by atoms with Crippen LogP contribution in [-0.2, 0) is 0 Å². The standard InChI is InChI=1S/C12H25NS/c1-5-14-9-8-12(6-7-12)10-13-11(2,3)4/h13H,5-10H2,1-4H3. The molecule has 1 N–H and O–H groups in total. The summed E-state index contributed by atoms with van der Waals surface area (Å²) in [7, 11) is 0. The summed E-state index contributed by atoms with van der Waals surface area (Å²) in [5.41, 5.74) is 0.961. The highest BCUT2D eigenvalue weighted by molar-refractivity contribution is 7.99. The number of rotatable bonds is 6. The summed E-state index contributed by atoms with van der Waals surface area (Å²) >= 11 is 2.08. The molecule has 0 radical (unpaired) electrons. The Morgan fingerprint density at radius 1 is 1.29 bits per heavy atom. The Bertz CT molecular complexity index is 168. The van der Waals surface area contributed by atoms with Crippen molar-refractivity contribution in [1.29, 1.82) is 0 Å². The number of hydrogen-bond donors (Lipinski definition) is 1. The van der Waals surface area contributed by atoms with E-state index < -0.39 is 0 Å². The maximum Gasteiger partial charge on any atom is 0.00967 e. The maximum atomic E-state index is 3.64. The average Bonchev–Trinajstić information content (AvgIpc) is 2.82. The fourth-order valence-electron chi connectivity index (χ4n) is 1.58. The summed E-state index contributed by atoms with van der Waals surface area (Å²) in [5, 5.41) is 3.64. The Kier molecular flexibility index (Phi) is 4.32. The summed E-state index contributed by atoms with van der Waals surface area (Å²) in [6.45, 7) is 10.2. The Hall–Kier alpha value is 0.310. The molecule has 0 bridgehead atoms. The third-order valence-electron chi connectivity index (χ3n) is 2.93. The lowest BCUT2D eigenvalue weighted by atomic mass is 10.0. The summed E-state index contributed by atoms with van der Waals surface area (Å²) < 4.78 is 0. The molecule has 0 spiro atoms. The van der Waals surface area contributed by atoms with Crippen LogP contribution in [0.15, 0.2) is 0 Å². The van der Waals surface area contributed by atoms with Gasteiger partial charge in [0.15, 0.2) is 0 Å². The minimum absolute atomic E-state index is 0.285. The Labute approximate surface area is 93.4 Å². The zero-order chi connectivity index (χ0) is 10.7. The van der Waals surface area contributed by atoms with E-state index in [-0.39, 0.29) is 5.54 Å². The molecular formula is C12H25NS. The average molecular weight is 215 g/mol. The van der Waals surface area contributed by atoms with E-state index in [2.05, 4.69) is 44.8 Å². The van der Waals surface area contributed by atoms with Gasteiger partial charge in [0, 0.05) is 12.1 Å². The predicted molar refractivity (Wildman–Crippen MR) is 67.0 cm³/mol. The SMILES string of the molecule is CCSCCC1(CNC(C)(C)C)CC1. The fraction of sp³-hybridized carbons (Fsp3) is 1.00. The van der Waals surface area contributed by atoms with Crippen molar-refractivity contribution >= 4 is 11.8 Å². The first kappa shape index (κ1) is 12.4. The van der Waals surface area contributed by atoms with Gasteiger partial charge in [-0.3, -0.25) is 0 Å². The molecular weight excluding hydrogens is 190 g/mol. The van der Waals surface area contributed by atoms with Gasteiger partial charge >= 0.3 is 0 Å². The molecule has 0 aromatic carbocycles. The van der Waals surface area contributed by atoms with Crippen LogP contribution in [0.25, 0.3) is 0 Å². The van der Waals surface area contributed by atoms with E-state index in [1.54, 1.807) is 0 Å². The van der Waals surface area contributed by atoms with E-state index in [0.717, 1.165) is 0 Å². The molecule has 0 aliphatic heterocycles. The third kappa shape index (κ3) is 4.70. The van der Waals surface area contributed by atoms with Crippen molar-refractivity contribution in [3.8, 4) is 0 Å². The smallest absolute Gasteiger partial charge is 0.00967 e. The Morgan fingerprint density at radius 2 is 1.93 bits per heavy atom. The first-order valence-corrected chi connectivity index (χ1v) is 6.96. The van der Waals surface area contributed by atoms with Gasteiger partial charge < -0.3 is 5.32 Å². The molecule has 1 aliphatic carbocycles. The van der Waals surface area contributed by atoms with Crippen LogP contribution in [-0.4, -0.2) is 23.6 Å². The molecule has 0 amide bonds. The highest BCUT2D eigenvalue weighted by Crippen LogP contribution is 2.49. The van der Waals surface area contributed by atoms with Gasteiger partial charge in [-0.15, -0.1) is 0 Å². The van der Waals surface area contributed by atoms with Crippen molar-refractivity contribution in [2.75, 3.05) is 18.1 Å². The van der Waals surface area contributed by atoms with Crippen LogP contribution in [0.3, 0.4) is 0 Å². The molecule has 0 aromatic heterocycles. The van der Waals surface area contributed by atoms with Crippen LogP contribution in [0.1, 0.15) is 47.0 Å². The molecule has 84 valence electrons. The lowest BCUT2D eigenvalue weighted by Gasteiger charge is -2.25. The molecule has 1 nitrogen and oxygen atoms in total. The maximum absolute atomic E-state index is 3.64. The molecule has 1 rings (SSSR count). The second-order valence-electron chi connectivity index (χ2n) is 5.55. The highest BCUT2D eigenvalue weighted by atomic mass is 32.2. The molecule has 0 heterocycles. The van der Waals surface area contributed by atoms with E-state index in [1.807, 2.05) is 0 Å². The molecule has 1 aliphatic rings. The van der Waals surface area contributed by atoms with E-state index >= 15 is 0 Å². The van der Waals surface area contributed by atoms with Crippen molar-refractivity contribution in [3.05, 3.63) is 0 Å². The molecule has 1 fully saturated rings. The van der Waals surface area contributed by atoms with Gasteiger partial charge in [-0.2, -0.15) is 11.8 Å². The minimum Gasteiger partial charge on any atom is -0.312 e. The molecule has 2 heteroatoms. The van der Waals surface area contributed by atoms with Gasteiger partial charge in [-0.25, -0.2) is 0 Å². The van der Waals surface area contributed by atoms with Crippen molar-refractivity contribution in [2.45, 2.75) is 52.5 Å². The van der Waals surface area contributed by atoms with Gasteiger partial charge in [-0.1, -0.05) is 6.92 Å². The molecule has 0 atom stereocenters. The monoisotopic (exact) mass is 215 g/mol. The van der Waals surface area contributed by atoms with Crippen molar-refractivity contribution in [3.63, 3.8) is 0 Å². The first-order valence-electron chi connectivity index (χ1n) is 5.80. The number of thioether (sulfide) groups is 1. The van der Waals surface area contributed by atoms with Crippen LogP contribution >= 0.6 is 11.8 Å².